The van der Waals surface area contributed by atoms with Crippen LogP contribution in [0, 0.1) is 0 Å². The standard InChI is InChI=1S/C9H11F2NO/c1-6(13)7-3-2-4-12-8(7)5-9(10)11/h2-4,6,9,13H,5H2,1H3. The van der Waals surface area contributed by atoms with Gasteiger partial charge in [0, 0.05) is 11.8 Å². The van der Waals surface area contributed by atoms with Crippen LogP contribution in [-0.2, 0) is 6.42 Å². The van der Waals surface area contributed by atoms with Gasteiger partial charge >= 0.3 is 0 Å². The molecule has 1 N–H and O–H groups in total. The molecule has 1 aromatic heterocycles. The molecule has 1 atom stereocenters. The molecule has 13 heavy (non-hydrogen) atoms. The fourth-order valence-corrected chi connectivity index (χ4v) is 1.15. The lowest BCUT2D eigenvalue weighted by molar-refractivity contribution is 0.145. The number of pyridine rings is 1. The first-order valence-corrected chi connectivity index (χ1v) is 4.01. The Kier molecular flexibility index (Phi) is 3.31. The van der Waals surface area contributed by atoms with Crippen molar-refractivity contribution in [3.05, 3.63) is 29.6 Å². The van der Waals surface area contributed by atoms with E-state index in [1.54, 1.807) is 12.1 Å². The van der Waals surface area contributed by atoms with Gasteiger partial charge in [-0.2, -0.15) is 0 Å². The van der Waals surface area contributed by atoms with Crippen LogP contribution in [0.2, 0.25) is 0 Å². The molecule has 0 saturated heterocycles. The Morgan fingerprint density at radius 3 is 2.77 bits per heavy atom. The van der Waals surface area contributed by atoms with Crippen molar-refractivity contribution in [2.75, 3.05) is 0 Å². The second kappa shape index (κ2) is 4.28. The minimum absolute atomic E-state index is 0.271. The zero-order valence-electron chi connectivity index (χ0n) is 7.24. The van der Waals surface area contributed by atoms with Crippen molar-refractivity contribution in [3.8, 4) is 0 Å². The SMILES string of the molecule is CC(O)c1cccnc1CC(F)F. The molecular formula is C9H11F2NO. The normalized spacial score (nSPS) is 13.3. The van der Waals surface area contributed by atoms with Crippen LogP contribution in [0.1, 0.15) is 24.3 Å². The average molecular weight is 187 g/mol. The molecule has 1 rings (SSSR count). The molecule has 1 heterocycles. The highest BCUT2D eigenvalue weighted by Crippen LogP contribution is 2.17. The Morgan fingerprint density at radius 1 is 1.54 bits per heavy atom. The largest absolute Gasteiger partial charge is 0.389 e. The van der Waals surface area contributed by atoms with Crippen molar-refractivity contribution < 1.29 is 13.9 Å². The maximum absolute atomic E-state index is 12.0. The molecule has 1 unspecified atom stereocenters. The van der Waals surface area contributed by atoms with Crippen LogP contribution in [0.25, 0.3) is 0 Å². The van der Waals surface area contributed by atoms with Gasteiger partial charge in [-0.1, -0.05) is 6.07 Å². The molecule has 2 nitrogen and oxygen atoms in total. The summed E-state index contributed by atoms with van der Waals surface area (Å²) < 4.78 is 24.1. The van der Waals surface area contributed by atoms with Gasteiger partial charge < -0.3 is 5.11 Å². The van der Waals surface area contributed by atoms with Crippen LogP contribution in [0.15, 0.2) is 18.3 Å². The van der Waals surface area contributed by atoms with E-state index in [0.29, 0.717) is 5.56 Å². The molecule has 0 bridgehead atoms. The van der Waals surface area contributed by atoms with Crippen molar-refractivity contribution in [2.45, 2.75) is 25.9 Å². The van der Waals surface area contributed by atoms with E-state index in [-0.39, 0.29) is 5.69 Å². The van der Waals surface area contributed by atoms with E-state index < -0.39 is 19.0 Å². The monoisotopic (exact) mass is 187 g/mol. The Bertz CT molecular complexity index is 276. The third-order valence-electron chi connectivity index (χ3n) is 1.72. The van der Waals surface area contributed by atoms with E-state index in [9.17, 15) is 13.9 Å². The zero-order valence-corrected chi connectivity index (χ0v) is 7.24. The highest BCUT2D eigenvalue weighted by molar-refractivity contribution is 5.22. The van der Waals surface area contributed by atoms with Gasteiger partial charge in [0.05, 0.1) is 18.2 Å². The van der Waals surface area contributed by atoms with Gasteiger partial charge in [-0.05, 0) is 13.0 Å². The minimum atomic E-state index is -2.42. The number of aromatic nitrogens is 1. The molecule has 0 spiro atoms. The number of rotatable bonds is 3. The minimum Gasteiger partial charge on any atom is -0.389 e. The van der Waals surface area contributed by atoms with E-state index in [4.69, 9.17) is 0 Å². The maximum Gasteiger partial charge on any atom is 0.244 e. The van der Waals surface area contributed by atoms with Gasteiger partial charge in [-0.25, -0.2) is 8.78 Å². The molecule has 0 aliphatic carbocycles. The van der Waals surface area contributed by atoms with Crippen molar-refractivity contribution in [3.63, 3.8) is 0 Å². The predicted molar refractivity (Wildman–Crippen MR) is 44.6 cm³/mol. The third kappa shape index (κ3) is 2.73. The second-order valence-corrected chi connectivity index (χ2v) is 2.81. The number of aliphatic hydroxyl groups is 1. The first-order valence-electron chi connectivity index (χ1n) is 4.01. The third-order valence-corrected chi connectivity index (χ3v) is 1.72. The van der Waals surface area contributed by atoms with E-state index in [2.05, 4.69) is 4.98 Å². The zero-order chi connectivity index (χ0) is 9.84. The summed E-state index contributed by atoms with van der Waals surface area (Å²) >= 11 is 0. The van der Waals surface area contributed by atoms with Crippen LogP contribution in [0.4, 0.5) is 8.78 Å². The highest BCUT2D eigenvalue weighted by atomic mass is 19.3. The van der Waals surface area contributed by atoms with Gasteiger partial charge in [0.1, 0.15) is 0 Å². The Balaban J connectivity index is 2.91. The van der Waals surface area contributed by atoms with E-state index in [1.165, 1.54) is 13.1 Å². The topological polar surface area (TPSA) is 33.1 Å². The maximum atomic E-state index is 12.0. The number of aliphatic hydroxyl groups excluding tert-OH is 1. The molecule has 0 fully saturated rings. The predicted octanol–water partition coefficient (Wildman–Crippen LogP) is 1.94. The Hall–Kier alpha value is -1.03. The van der Waals surface area contributed by atoms with Gasteiger partial charge in [-0.3, -0.25) is 4.98 Å². The van der Waals surface area contributed by atoms with Gasteiger partial charge in [0.15, 0.2) is 0 Å². The molecule has 4 heteroatoms. The van der Waals surface area contributed by atoms with Crippen LogP contribution in [0.3, 0.4) is 0 Å². The fraction of sp³-hybridized carbons (Fsp3) is 0.444. The van der Waals surface area contributed by atoms with Gasteiger partial charge in [-0.15, -0.1) is 0 Å². The van der Waals surface area contributed by atoms with Gasteiger partial charge in [0.2, 0.25) is 6.43 Å². The molecular weight excluding hydrogens is 176 g/mol. The van der Waals surface area contributed by atoms with E-state index >= 15 is 0 Å². The summed E-state index contributed by atoms with van der Waals surface area (Å²) in [5.41, 5.74) is 0.746. The summed E-state index contributed by atoms with van der Waals surface area (Å²) in [6, 6.07) is 3.23. The Morgan fingerprint density at radius 2 is 2.23 bits per heavy atom. The molecule has 0 aliphatic rings. The smallest absolute Gasteiger partial charge is 0.244 e. The molecule has 72 valence electrons. The molecule has 0 amide bonds. The number of hydrogen-bond donors (Lipinski definition) is 1. The quantitative estimate of drug-likeness (QED) is 0.784. The summed E-state index contributed by atoms with van der Waals surface area (Å²) in [5, 5.41) is 9.23. The lowest BCUT2D eigenvalue weighted by Crippen LogP contribution is -2.05. The first kappa shape index (κ1) is 10.1. The van der Waals surface area contributed by atoms with Crippen LogP contribution in [-0.4, -0.2) is 16.5 Å². The molecule has 0 aliphatic heterocycles. The lowest BCUT2D eigenvalue weighted by Gasteiger charge is -2.09. The number of alkyl halides is 2. The molecule has 1 aromatic rings. The van der Waals surface area contributed by atoms with Crippen molar-refractivity contribution >= 4 is 0 Å². The summed E-state index contributed by atoms with van der Waals surface area (Å²) in [7, 11) is 0. The lowest BCUT2D eigenvalue weighted by atomic mass is 10.1. The Labute approximate surface area is 75.2 Å². The fourth-order valence-electron chi connectivity index (χ4n) is 1.15. The number of hydrogen-bond acceptors (Lipinski definition) is 2. The van der Waals surface area contributed by atoms with Crippen LogP contribution >= 0.6 is 0 Å². The second-order valence-electron chi connectivity index (χ2n) is 2.81. The summed E-state index contributed by atoms with van der Waals surface area (Å²) in [6.07, 6.45) is -2.13. The van der Waals surface area contributed by atoms with Crippen LogP contribution < -0.4 is 0 Å². The highest BCUT2D eigenvalue weighted by Gasteiger charge is 2.12. The average Bonchev–Trinajstić information content (AvgIpc) is 2.03. The first-order chi connectivity index (χ1) is 6.11. The van der Waals surface area contributed by atoms with Gasteiger partial charge in [0.25, 0.3) is 0 Å². The van der Waals surface area contributed by atoms with Crippen LogP contribution in [0.5, 0.6) is 0 Å². The molecule has 0 saturated carbocycles. The summed E-state index contributed by atoms with van der Waals surface area (Å²) in [6.45, 7) is 1.53. The number of halogens is 2. The van der Waals surface area contributed by atoms with E-state index in [1.807, 2.05) is 0 Å². The summed E-state index contributed by atoms with van der Waals surface area (Å²) in [4.78, 5) is 3.80. The molecule has 0 aromatic carbocycles. The summed E-state index contributed by atoms with van der Waals surface area (Å²) in [5.74, 6) is 0. The van der Waals surface area contributed by atoms with Crippen molar-refractivity contribution in [1.29, 1.82) is 0 Å². The van der Waals surface area contributed by atoms with E-state index in [0.717, 1.165) is 0 Å². The molecule has 0 radical (unpaired) electrons. The number of nitrogens with zero attached hydrogens (tertiary/aromatic N) is 1. The van der Waals surface area contributed by atoms with Crippen molar-refractivity contribution in [1.82, 2.24) is 4.98 Å². The van der Waals surface area contributed by atoms with Crippen molar-refractivity contribution in [2.24, 2.45) is 0 Å².